The van der Waals surface area contributed by atoms with Gasteiger partial charge in [0.15, 0.2) is 0 Å². The molecule has 1 N–H and O–H groups in total. The van der Waals surface area contributed by atoms with E-state index >= 15 is 0 Å². The van der Waals surface area contributed by atoms with Gasteiger partial charge < -0.3 is 5.32 Å². The van der Waals surface area contributed by atoms with Crippen LogP contribution >= 0.6 is 0 Å². The third kappa shape index (κ3) is 4.69. The Labute approximate surface area is 130 Å². The number of rotatable bonds is 6. The Balaban J connectivity index is 2.15. The van der Waals surface area contributed by atoms with Crippen LogP contribution in [0.4, 0.5) is 5.82 Å². The molecule has 0 spiro atoms. The molecule has 3 heteroatoms. The van der Waals surface area contributed by atoms with Gasteiger partial charge in [0.2, 0.25) is 0 Å². The van der Waals surface area contributed by atoms with Crippen molar-refractivity contribution in [3.8, 4) is 0 Å². The van der Waals surface area contributed by atoms with Crippen LogP contribution in [0.5, 0.6) is 0 Å². The lowest BCUT2D eigenvalue weighted by Gasteiger charge is -2.27. The normalized spacial score (nSPS) is 22.5. The lowest BCUT2D eigenvalue weighted by atomic mass is 9.80. The van der Waals surface area contributed by atoms with Crippen molar-refractivity contribution in [2.45, 2.75) is 72.1 Å². The Morgan fingerprint density at radius 3 is 2.43 bits per heavy atom. The maximum Gasteiger partial charge on any atom is 0.134 e. The van der Waals surface area contributed by atoms with Gasteiger partial charge in [0.1, 0.15) is 11.6 Å². The molecule has 1 aromatic heterocycles. The molecule has 0 saturated heterocycles. The molecule has 21 heavy (non-hydrogen) atoms. The fourth-order valence-corrected chi connectivity index (χ4v) is 3.32. The van der Waals surface area contributed by atoms with Crippen LogP contribution in [0.3, 0.4) is 0 Å². The van der Waals surface area contributed by atoms with Crippen molar-refractivity contribution in [3.05, 3.63) is 17.6 Å². The summed E-state index contributed by atoms with van der Waals surface area (Å²) in [6.07, 6.45) is 7.57. The van der Waals surface area contributed by atoms with Crippen LogP contribution in [0.2, 0.25) is 0 Å². The van der Waals surface area contributed by atoms with Crippen LogP contribution in [0.1, 0.15) is 77.2 Å². The van der Waals surface area contributed by atoms with E-state index in [2.05, 4.69) is 39.1 Å². The van der Waals surface area contributed by atoms with Crippen LogP contribution in [0.15, 0.2) is 6.07 Å². The molecule has 118 valence electrons. The molecule has 0 amide bonds. The standard InChI is InChI=1S/C18H31N3/c1-5-14-7-9-15(10-8-14)18-20-16(11-13(3)4)12-17(21-18)19-6-2/h12-15H,5-11H2,1-4H3,(H,19,20,21). The van der Waals surface area contributed by atoms with Gasteiger partial charge in [-0.2, -0.15) is 0 Å². The molecule has 3 nitrogen and oxygen atoms in total. The first-order valence-corrected chi connectivity index (χ1v) is 8.74. The molecule has 1 aliphatic rings. The molecule has 1 saturated carbocycles. The monoisotopic (exact) mass is 289 g/mol. The van der Waals surface area contributed by atoms with Gasteiger partial charge in [-0.25, -0.2) is 9.97 Å². The lowest BCUT2D eigenvalue weighted by Crippen LogP contribution is -2.17. The largest absolute Gasteiger partial charge is 0.370 e. The third-order valence-electron chi connectivity index (χ3n) is 4.56. The molecule has 0 aliphatic heterocycles. The molecular formula is C18H31N3. The second-order valence-electron chi connectivity index (χ2n) is 6.86. The number of aromatic nitrogens is 2. The summed E-state index contributed by atoms with van der Waals surface area (Å²) in [5.41, 5.74) is 1.20. The summed E-state index contributed by atoms with van der Waals surface area (Å²) in [5.74, 6) is 4.22. The SMILES string of the molecule is CCNc1cc(CC(C)C)nc(C2CCC(CC)CC2)n1. The number of nitrogens with one attached hydrogen (secondary N) is 1. The van der Waals surface area contributed by atoms with Gasteiger partial charge in [-0.3, -0.25) is 0 Å². The summed E-state index contributed by atoms with van der Waals surface area (Å²) < 4.78 is 0. The van der Waals surface area contributed by atoms with Crippen LogP contribution in [0.25, 0.3) is 0 Å². The number of hydrogen-bond donors (Lipinski definition) is 1. The molecule has 1 heterocycles. The average molecular weight is 289 g/mol. The van der Waals surface area contributed by atoms with E-state index in [1.54, 1.807) is 0 Å². The second-order valence-corrected chi connectivity index (χ2v) is 6.86. The zero-order chi connectivity index (χ0) is 15.2. The van der Waals surface area contributed by atoms with E-state index in [-0.39, 0.29) is 0 Å². The summed E-state index contributed by atoms with van der Waals surface area (Å²) in [6.45, 7) is 9.85. The van der Waals surface area contributed by atoms with Crippen molar-refractivity contribution >= 4 is 5.82 Å². The minimum Gasteiger partial charge on any atom is -0.370 e. The Morgan fingerprint density at radius 2 is 1.86 bits per heavy atom. The van der Waals surface area contributed by atoms with E-state index in [1.807, 2.05) is 0 Å². The second kappa shape index (κ2) is 7.77. The Kier molecular flexibility index (Phi) is 6.01. The van der Waals surface area contributed by atoms with Gasteiger partial charge in [-0.15, -0.1) is 0 Å². The number of hydrogen-bond acceptors (Lipinski definition) is 3. The molecule has 1 aromatic rings. The lowest BCUT2D eigenvalue weighted by molar-refractivity contribution is 0.312. The van der Waals surface area contributed by atoms with Gasteiger partial charge >= 0.3 is 0 Å². The van der Waals surface area contributed by atoms with Gasteiger partial charge in [0.25, 0.3) is 0 Å². The Bertz CT molecular complexity index is 434. The van der Waals surface area contributed by atoms with Crippen molar-refractivity contribution in [2.75, 3.05) is 11.9 Å². The predicted molar refractivity (Wildman–Crippen MR) is 89.7 cm³/mol. The van der Waals surface area contributed by atoms with Gasteiger partial charge in [-0.1, -0.05) is 27.2 Å². The van der Waals surface area contributed by atoms with E-state index in [4.69, 9.17) is 9.97 Å². The first kappa shape index (κ1) is 16.3. The molecular weight excluding hydrogens is 258 g/mol. The highest BCUT2D eigenvalue weighted by atomic mass is 15.0. The zero-order valence-corrected chi connectivity index (χ0v) is 14.2. The van der Waals surface area contributed by atoms with Crippen LogP contribution in [-0.2, 0) is 6.42 Å². The summed E-state index contributed by atoms with van der Waals surface area (Å²) in [5, 5.41) is 3.37. The summed E-state index contributed by atoms with van der Waals surface area (Å²) >= 11 is 0. The highest BCUT2D eigenvalue weighted by Crippen LogP contribution is 2.36. The number of anilines is 1. The van der Waals surface area contributed by atoms with Crippen molar-refractivity contribution < 1.29 is 0 Å². The van der Waals surface area contributed by atoms with E-state index < -0.39 is 0 Å². The Morgan fingerprint density at radius 1 is 1.14 bits per heavy atom. The van der Waals surface area contributed by atoms with Crippen molar-refractivity contribution in [2.24, 2.45) is 11.8 Å². The molecule has 0 radical (unpaired) electrons. The first-order chi connectivity index (χ1) is 10.1. The predicted octanol–water partition coefficient (Wildman–Crippen LogP) is 4.79. The maximum absolute atomic E-state index is 4.88. The molecule has 0 atom stereocenters. The minimum atomic E-state index is 0.567. The zero-order valence-electron chi connectivity index (χ0n) is 14.2. The van der Waals surface area contributed by atoms with Gasteiger partial charge in [0, 0.05) is 24.2 Å². The average Bonchev–Trinajstić information content (AvgIpc) is 2.47. The molecule has 0 unspecified atom stereocenters. The smallest absolute Gasteiger partial charge is 0.134 e. The van der Waals surface area contributed by atoms with Crippen LogP contribution in [-0.4, -0.2) is 16.5 Å². The van der Waals surface area contributed by atoms with E-state index in [0.717, 1.165) is 30.5 Å². The maximum atomic E-state index is 4.88. The molecule has 2 rings (SSSR count). The van der Waals surface area contributed by atoms with Crippen LogP contribution < -0.4 is 5.32 Å². The van der Waals surface area contributed by atoms with E-state index in [1.165, 1.54) is 37.8 Å². The van der Waals surface area contributed by atoms with Crippen LogP contribution in [0, 0.1) is 11.8 Å². The quantitative estimate of drug-likeness (QED) is 0.818. The topological polar surface area (TPSA) is 37.8 Å². The fourth-order valence-electron chi connectivity index (χ4n) is 3.32. The van der Waals surface area contributed by atoms with Crippen molar-refractivity contribution in [3.63, 3.8) is 0 Å². The van der Waals surface area contributed by atoms with Crippen molar-refractivity contribution in [1.29, 1.82) is 0 Å². The number of nitrogens with zero attached hydrogens (tertiary/aromatic N) is 2. The highest BCUT2D eigenvalue weighted by Gasteiger charge is 2.24. The molecule has 1 fully saturated rings. The Hall–Kier alpha value is -1.12. The third-order valence-corrected chi connectivity index (χ3v) is 4.56. The summed E-state index contributed by atoms with van der Waals surface area (Å²) in [4.78, 5) is 9.66. The minimum absolute atomic E-state index is 0.567. The van der Waals surface area contributed by atoms with E-state index in [0.29, 0.717) is 11.8 Å². The van der Waals surface area contributed by atoms with Crippen molar-refractivity contribution in [1.82, 2.24) is 9.97 Å². The van der Waals surface area contributed by atoms with E-state index in [9.17, 15) is 0 Å². The molecule has 1 aliphatic carbocycles. The van der Waals surface area contributed by atoms with Gasteiger partial charge in [-0.05, 0) is 50.9 Å². The fraction of sp³-hybridized carbons (Fsp3) is 0.778. The van der Waals surface area contributed by atoms with Gasteiger partial charge in [0.05, 0.1) is 0 Å². The summed E-state index contributed by atoms with van der Waals surface area (Å²) in [6, 6.07) is 2.13. The highest BCUT2D eigenvalue weighted by molar-refractivity contribution is 5.36. The molecule has 0 bridgehead atoms. The summed E-state index contributed by atoms with van der Waals surface area (Å²) in [7, 11) is 0. The molecule has 0 aromatic carbocycles. The first-order valence-electron chi connectivity index (χ1n) is 8.74.